The van der Waals surface area contributed by atoms with Crippen molar-refractivity contribution in [2.24, 2.45) is 5.92 Å². The molecule has 0 bridgehead atoms. The number of carboxylic acid groups (broad SMARTS) is 1. The fraction of sp³-hybridized carbons (Fsp3) is 0.300. The summed E-state index contributed by atoms with van der Waals surface area (Å²) in [5.41, 5.74) is 1.05. The Morgan fingerprint density at radius 1 is 1.22 bits per heavy atom. The topological polar surface area (TPSA) is 97.6 Å². The predicted molar refractivity (Wildman–Crippen MR) is 108 cm³/mol. The van der Waals surface area contributed by atoms with Crippen LogP contribution in [0.15, 0.2) is 54.4 Å². The van der Waals surface area contributed by atoms with E-state index < -0.39 is 12.1 Å². The van der Waals surface area contributed by atoms with E-state index >= 15 is 0 Å². The third-order valence-electron chi connectivity index (χ3n) is 4.45. The summed E-state index contributed by atoms with van der Waals surface area (Å²) in [6.45, 7) is 2.49. The Bertz CT molecular complexity index is 1030. The first-order valence-corrected chi connectivity index (χ1v) is 10.3. The lowest BCUT2D eigenvalue weighted by Crippen LogP contribution is -2.35. The molecule has 1 atom stereocenters. The molecule has 4 rings (SSSR count). The zero-order chi connectivity index (χ0) is 23.1. The number of rotatable bonds is 4. The highest BCUT2D eigenvalue weighted by atomic mass is 32.1. The van der Waals surface area contributed by atoms with Crippen LogP contribution < -0.4 is 4.74 Å². The van der Waals surface area contributed by atoms with Gasteiger partial charge >= 0.3 is 12.1 Å². The fourth-order valence-corrected chi connectivity index (χ4v) is 3.69. The number of aliphatic carboxylic acids is 1. The van der Waals surface area contributed by atoms with Crippen LogP contribution >= 0.6 is 11.3 Å². The number of hydrogen-bond donors (Lipinski definition) is 1. The molecule has 0 aliphatic carbocycles. The minimum atomic E-state index is -5.08. The number of aromatic nitrogens is 3. The predicted octanol–water partition coefficient (Wildman–Crippen LogP) is 3.32. The smallest absolute Gasteiger partial charge is 0.477 e. The molecular formula is C20H19F3N4O4S. The molecule has 12 heteroatoms. The van der Waals surface area contributed by atoms with Crippen molar-refractivity contribution in [3.05, 3.63) is 65.0 Å². The van der Waals surface area contributed by atoms with Crippen molar-refractivity contribution in [2.75, 3.05) is 13.2 Å². The number of carbonyl (C=O) groups is 2. The zero-order valence-corrected chi connectivity index (χ0v) is 17.4. The second-order valence-corrected chi connectivity index (χ2v) is 7.80. The van der Waals surface area contributed by atoms with Crippen molar-refractivity contribution in [1.29, 1.82) is 0 Å². The van der Waals surface area contributed by atoms with Gasteiger partial charge in [-0.05, 0) is 17.5 Å². The quantitative estimate of drug-likeness (QED) is 0.631. The first kappa shape index (κ1) is 23.3. The highest BCUT2D eigenvalue weighted by Crippen LogP contribution is 2.21. The molecule has 1 N–H and O–H groups in total. The Morgan fingerprint density at radius 2 is 2.00 bits per heavy atom. The molecule has 8 nitrogen and oxygen atoms in total. The SMILES string of the molecule is O=C(O)C(F)(F)F.O=C(c1cccs1)N1Cc2cncn2CC(COc2ccccn2)C1. The van der Waals surface area contributed by atoms with E-state index in [1.165, 1.54) is 11.3 Å². The highest BCUT2D eigenvalue weighted by Gasteiger charge is 2.38. The highest BCUT2D eigenvalue weighted by molar-refractivity contribution is 7.12. The van der Waals surface area contributed by atoms with Gasteiger partial charge < -0.3 is 19.3 Å². The van der Waals surface area contributed by atoms with E-state index in [1.807, 2.05) is 53.1 Å². The Balaban J connectivity index is 0.000000360. The molecule has 1 aliphatic heterocycles. The van der Waals surface area contributed by atoms with Gasteiger partial charge in [0.1, 0.15) is 0 Å². The van der Waals surface area contributed by atoms with Crippen molar-refractivity contribution in [1.82, 2.24) is 19.4 Å². The third kappa shape index (κ3) is 6.30. The Morgan fingerprint density at radius 3 is 2.62 bits per heavy atom. The van der Waals surface area contributed by atoms with Crippen molar-refractivity contribution in [2.45, 2.75) is 19.3 Å². The van der Waals surface area contributed by atoms with E-state index in [9.17, 15) is 18.0 Å². The number of pyridine rings is 1. The summed E-state index contributed by atoms with van der Waals surface area (Å²) in [4.78, 5) is 32.8. The number of hydrogen-bond acceptors (Lipinski definition) is 6. The molecule has 0 aromatic carbocycles. The molecule has 3 aromatic heterocycles. The summed E-state index contributed by atoms with van der Waals surface area (Å²) in [5.74, 6) is -1.92. The van der Waals surface area contributed by atoms with Crippen molar-refractivity contribution >= 4 is 23.2 Å². The van der Waals surface area contributed by atoms with E-state index in [0.717, 1.165) is 17.1 Å². The Labute approximate surface area is 184 Å². The first-order valence-electron chi connectivity index (χ1n) is 9.39. The van der Waals surface area contributed by atoms with Gasteiger partial charge in [-0.25, -0.2) is 14.8 Å². The van der Waals surface area contributed by atoms with Crippen LogP contribution in [0.1, 0.15) is 15.4 Å². The maximum Gasteiger partial charge on any atom is 0.490 e. The average molecular weight is 468 g/mol. The Kier molecular flexibility index (Phi) is 7.46. The van der Waals surface area contributed by atoms with E-state index in [2.05, 4.69) is 14.5 Å². The number of ether oxygens (including phenoxy) is 1. The number of carboxylic acids is 1. The number of carbonyl (C=O) groups excluding carboxylic acids is 1. The van der Waals surface area contributed by atoms with Crippen LogP contribution in [0.25, 0.3) is 0 Å². The summed E-state index contributed by atoms with van der Waals surface area (Å²) in [5, 5.41) is 9.05. The number of thiophene rings is 1. The summed E-state index contributed by atoms with van der Waals surface area (Å²) in [7, 11) is 0. The lowest BCUT2D eigenvalue weighted by molar-refractivity contribution is -0.192. The normalized spacial score (nSPS) is 15.7. The minimum Gasteiger partial charge on any atom is -0.477 e. The zero-order valence-electron chi connectivity index (χ0n) is 16.6. The van der Waals surface area contributed by atoms with E-state index in [4.69, 9.17) is 14.6 Å². The second kappa shape index (κ2) is 10.3. The van der Waals surface area contributed by atoms with E-state index in [0.29, 0.717) is 25.6 Å². The van der Waals surface area contributed by atoms with Crippen LogP contribution in [0, 0.1) is 5.92 Å². The van der Waals surface area contributed by atoms with Gasteiger partial charge in [0.2, 0.25) is 5.88 Å². The lowest BCUT2D eigenvalue weighted by Gasteiger charge is -2.23. The van der Waals surface area contributed by atoms with Gasteiger partial charge in [0.05, 0.1) is 30.1 Å². The van der Waals surface area contributed by atoms with Gasteiger partial charge in [-0.1, -0.05) is 12.1 Å². The fourth-order valence-electron chi connectivity index (χ4n) is 3.00. The van der Waals surface area contributed by atoms with Gasteiger partial charge in [0, 0.05) is 37.5 Å². The number of alkyl halides is 3. The summed E-state index contributed by atoms with van der Waals surface area (Å²) in [6.07, 6.45) is 0.280. The summed E-state index contributed by atoms with van der Waals surface area (Å²) < 4.78 is 39.7. The summed E-state index contributed by atoms with van der Waals surface area (Å²) >= 11 is 1.47. The maximum absolute atomic E-state index is 12.8. The molecule has 1 aliphatic rings. The standard InChI is InChI=1S/C18H18N4O2S.C2HF3O2/c23-18(16-4-3-7-25-16)21-9-14(10-22-13-19-8-15(22)11-21)12-24-17-5-1-2-6-20-17;3-2(4,5)1(6)7/h1-8,13-14H,9-12H2;(H,6,7). The van der Waals surface area contributed by atoms with Gasteiger partial charge in [-0.15, -0.1) is 11.3 Å². The van der Waals surface area contributed by atoms with Crippen molar-refractivity contribution in [3.8, 4) is 5.88 Å². The lowest BCUT2D eigenvalue weighted by atomic mass is 10.1. The molecule has 0 saturated heterocycles. The van der Waals surface area contributed by atoms with Crippen LogP contribution in [0.5, 0.6) is 5.88 Å². The molecule has 3 aromatic rings. The molecule has 1 unspecified atom stereocenters. The largest absolute Gasteiger partial charge is 0.490 e. The second-order valence-electron chi connectivity index (χ2n) is 6.85. The summed E-state index contributed by atoms with van der Waals surface area (Å²) in [6, 6.07) is 9.37. The van der Waals surface area contributed by atoms with Crippen LogP contribution in [-0.2, 0) is 17.9 Å². The molecule has 32 heavy (non-hydrogen) atoms. The molecule has 0 fully saturated rings. The first-order chi connectivity index (χ1) is 15.2. The van der Waals surface area contributed by atoms with E-state index in [-0.39, 0.29) is 11.8 Å². The number of amides is 1. The maximum atomic E-state index is 12.8. The van der Waals surface area contributed by atoms with E-state index in [1.54, 1.807) is 6.20 Å². The van der Waals surface area contributed by atoms with Crippen LogP contribution in [0.3, 0.4) is 0 Å². The van der Waals surface area contributed by atoms with Crippen molar-refractivity contribution in [3.63, 3.8) is 0 Å². The van der Waals surface area contributed by atoms with Crippen molar-refractivity contribution < 1.29 is 32.6 Å². The van der Waals surface area contributed by atoms with Crippen LogP contribution in [0.4, 0.5) is 13.2 Å². The monoisotopic (exact) mass is 468 g/mol. The van der Waals surface area contributed by atoms with Gasteiger partial charge in [-0.2, -0.15) is 13.2 Å². The molecule has 0 saturated carbocycles. The van der Waals surface area contributed by atoms with Gasteiger partial charge in [0.15, 0.2) is 0 Å². The third-order valence-corrected chi connectivity index (χ3v) is 5.31. The Hall–Kier alpha value is -3.41. The van der Waals surface area contributed by atoms with Crippen LogP contribution in [-0.4, -0.2) is 55.7 Å². The number of nitrogens with zero attached hydrogens (tertiary/aromatic N) is 4. The molecule has 1 amide bonds. The molecule has 0 radical (unpaired) electrons. The van der Waals surface area contributed by atoms with Gasteiger partial charge in [-0.3, -0.25) is 4.79 Å². The molecule has 4 heterocycles. The van der Waals surface area contributed by atoms with Gasteiger partial charge in [0.25, 0.3) is 5.91 Å². The number of fused-ring (bicyclic) bond motifs is 1. The van der Waals surface area contributed by atoms with Crippen LogP contribution in [0.2, 0.25) is 0 Å². The minimum absolute atomic E-state index is 0.0625. The molecular weight excluding hydrogens is 449 g/mol. The molecule has 0 spiro atoms. The molecule has 170 valence electrons. The number of halogens is 3. The number of imidazole rings is 1. The average Bonchev–Trinajstić information content (AvgIpc) is 3.41.